The first-order valence-electron chi connectivity index (χ1n) is 8.37. The lowest BCUT2D eigenvalue weighted by molar-refractivity contribution is -0.134. The van der Waals surface area contributed by atoms with Crippen LogP contribution in [0, 0.1) is 0 Å². The molecule has 3 rings (SSSR count). The van der Waals surface area contributed by atoms with Crippen LogP contribution in [0.3, 0.4) is 0 Å². The van der Waals surface area contributed by atoms with Crippen molar-refractivity contribution in [2.45, 2.75) is 0 Å². The van der Waals surface area contributed by atoms with Crippen LogP contribution in [0.2, 0.25) is 0 Å². The van der Waals surface area contributed by atoms with E-state index >= 15 is 0 Å². The highest BCUT2D eigenvalue weighted by molar-refractivity contribution is 9.10. The van der Waals surface area contributed by atoms with Crippen LogP contribution in [0.1, 0.15) is 15.9 Å². The molecule has 0 saturated carbocycles. The maximum absolute atomic E-state index is 12.8. The molecular weight excluding hydrogens is 424 g/mol. The Bertz CT molecular complexity index is 1070. The van der Waals surface area contributed by atoms with Gasteiger partial charge in [-0.25, -0.2) is 9.59 Å². The number of halogens is 1. The third-order valence-electron chi connectivity index (χ3n) is 4.07. The van der Waals surface area contributed by atoms with Gasteiger partial charge in [-0.1, -0.05) is 36.4 Å². The molecular formula is C22H17BrO5. The molecule has 0 N–H and O–H groups in total. The number of fused-ring (bicyclic) bond motifs is 1. The molecule has 0 aliphatic heterocycles. The van der Waals surface area contributed by atoms with E-state index in [0.717, 1.165) is 10.8 Å². The number of esters is 2. The van der Waals surface area contributed by atoms with Gasteiger partial charge in [-0.2, -0.15) is 0 Å². The van der Waals surface area contributed by atoms with E-state index in [1.807, 2.05) is 36.4 Å². The molecule has 0 unspecified atom stereocenters. The van der Waals surface area contributed by atoms with Crippen molar-refractivity contribution >= 4 is 44.7 Å². The topological polar surface area (TPSA) is 61.8 Å². The van der Waals surface area contributed by atoms with Gasteiger partial charge in [-0.3, -0.25) is 0 Å². The Labute approximate surface area is 170 Å². The highest BCUT2D eigenvalue weighted by Gasteiger charge is 2.18. The molecule has 28 heavy (non-hydrogen) atoms. The molecule has 0 aliphatic carbocycles. The standard InChI is InChI=1S/C22H17BrO5/c1-26-19-13-14(10-11-20(24)27-2)12-18(23)21(19)28-22(25)17-9-5-7-15-6-3-4-8-16(15)17/h3-13H,1-2H3/b11-10+. The molecule has 0 atom stereocenters. The predicted molar refractivity (Wildman–Crippen MR) is 111 cm³/mol. The van der Waals surface area contributed by atoms with Crippen molar-refractivity contribution in [3.05, 3.63) is 76.3 Å². The number of benzene rings is 3. The van der Waals surface area contributed by atoms with E-state index in [1.165, 1.54) is 20.3 Å². The van der Waals surface area contributed by atoms with E-state index in [4.69, 9.17) is 9.47 Å². The first-order chi connectivity index (χ1) is 13.5. The van der Waals surface area contributed by atoms with Crippen molar-refractivity contribution in [1.29, 1.82) is 0 Å². The summed E-state index contributed by atoms with van der Waals surface area (Å²) in [4.78, 5) is 24.1. The summed E-state index contributed by atoms with van der Waals surface area (Å²) in [5.41, 5.74) is 1.14. The summed E-state index contributed by atoms with van der Waals surface area (Å²) in [7, 11) is 2.78. The van der Waals surface area contributed by atoms with Gasteiger partial charge in [-0.05, 0) is 56.5 Å². The van der Waals surface area contributed by atoms with Crippen LogP contribution in [0.4, 0.5) is 0 Å². The van der Waals surface area contributed by atoms with E-state index in [1.54, 1.807) is 24.3 Å². The van der Waals surface area contributed by atoms with E-state index < -0.39 is 11.9 Å². The Balaban J connectivity index is 1.94. The van der Waals surface area contributed by atoms with Gasteiger partial charge in [0.25, 0.3) is 0 Å². The number of hydrogen-bond acceptors (Lipinski definition) is 5. The van der Waals surface area contributed by atoms with E-state index in [2.05, 4.69) is 20.7 Å². The Morgan fingerprint density at radius 1 is 1.00 bits per heavy atom. The average Bonchev–Trinajstić information content (AvgIpc) is 2.72. The minimum Gasteiger partial charge on any atom is -0.493 e. The molecule has 3 aromatic rings. The van der Waals surface area contributed by atoms with Gasteiger partial charge in [0.1, 0.15) is 0 Å². The summed E-state index contributed by atoms with van der Waals surface area (Å²) in [5.74, 6) is -0.349. The lowest BCUT2D eigenvalue weighted by atomic mass is 10.0. The van der Waals surface area contributed by atoms with Gasteiger partial charge in [0.2, 0.25) is 0 Å². The molecule has 0 aliphatic rings. The monoisotopic (exact) mass is 440 g/mol. The number of carbonyl (C=O) groups excluding carboxylic acids is 2. The average molecular weight is 441 g/mol. The fourth-order valence-corrected chi connectivity index (χ4v) is 3.26. The molecule has 0 aromatic heterocycles. The Morgan fingerprint density at radius 3 is 2.50 bits per heavy atom. The van der Waals surface area contributed by atoms with Crippen LogP contribution >= 0.6 is 15.9 Å². The fourth-order valence-electron chi connectivity index (χ4n) is 2.72. The smallest absolute Gasteiger partial charge is 0.344 e. The summed E-state index contributed by atoms with van der Waals surface area (Å²) in [6, 6.07) is 16.4. The number of rotatable bonds is 5. The summed E-state index contributed by atoms with van der Waals surface area (Å²) >= 11 is 3.41. The van der Waals surface area contributed by atoms with Crippen LogP contribution in [-0.2, 0) is 9.53 Å². The number of carbonyl (C=O) groups is 2. The normalized spacial score (nSPS) is 10.8. The van der Waals surface area contributed by atoms with Crippen LogP contribution < -0.4 is 9.47 Å². The van der Waals surface area contributed by atoms with Crippen LogP contribution in [0.15, 0.2) is 65.1 Å². The first kappa shape index (κ1) is 19.6. The summed E-state index contributed by atoms with van der Waals surface area (Å²) in [6.07, 6.45) is 2.87. The van der Waals surface area contributed by atoms with Crippen molar-refractivity contribution in [1.82, 2.24) is 0 Å². The minimum absolute atomic E-state index is 0.260. The second-order valence-corrected chi connectivity index (χ2v) is 6.66. The molecule has 0 bridgehead atoms. The summed E-state index contributed by atoms with van der Waals surface area (Å²) < 4.78 is 16.1. The number of ether oxygens (including phenoxy) is 3. The third kappa shape index (κ3) is 4.23. The van der Waals surface area contributed by atoms with Crippen molar-refractivity contribution in [2.75, 3.05) is 14.2 Å². The highest BCUT2D eigenvalue weighted by Crippen LogP contribution is 2.38. The zero-order valence-electron chi connectivity index (χ0n) is 15.3. The van der Waals surface area contributed by atoms with E-state index in [-0.39, 0.29) is 5.75 Å². The molecule has 5 nitrogen and oxygen atoms in total. The van der Waals surface area contributed by atoms with Crippen molar-refractivity contribution in [3.8, 4) is 11.5 Å². The van der Waals surface area contributed by atoms with Gasteiger partial charge < -0.3 is 14.2 Å². The highest BCUT2D eigenvalue weighted by atomic mass is 79.9. The summed E-state index contributed by atoms with van der Waals surface area (Å²) in [6.45, 7) is 0. The molecule has 0 heterocycles. The Kier molecular flexibility index (Phi) is 6.11. The van der Waals surface area contributed by atoms with Gasteiger partial charge in [-0.15, -0.1) is 0 Å². The van der Waals surface area contributed by atoms with Gasteiger partial charge in [0.15, 0.2) is 11.5 Å². The van der Waals surface area contributed by atoms with Gasteiger partial charge >= 0.3 is 11.9 Å². The third-order valence-corrected chi connectivity index (χ3v) is 4.66. The maximum Gasteiger partial charge on any atom is 0.344 e. The largest absolute Gasteiger partial charge is 0.493 e. The quantitative estimate of drug-likeness (QED) is 0.316. The van der Waals surface area contributed by atoms with Crippen LogP contribution in [-0.4, -0.2) is 26.2 Å². The Morgan fingerprint density at radius 2 is 1.75 bits per heavy atom. The second kappa shape index (κ2) is 8.71. The lowest BCUT2D eigenvalue weighted by Gasteiger charge is -2.13. The Hall–Kier alpha value is -3.12. The fraction of sp³-hybridized carbons (Fsp3) is 0.0909. The van der Waals surface area contributed by atoms with Crippen molar-refractivity contribution in [3.63, 3.8) is 0 Å². The molecule has 0 fully saturated rings. The molecule has 142 valence electrons. The molecule has 0 spiro atoms. The zero-order valence-corrected chi connectivity index (χ0v) is 16.9. The first-order valence-corrected chi connectivity index (χ1v) is 9.16. The van der Waals surface area contributed by atoms with Gasteiger partial charge in [0, 0.05) is 6.08 Å². The molecule has 0 radical (unpaired) electrons. The SMILES string of the molecule is COC(=O)/C=C/c1cc(Br)c(OC(=O)c2cccc3ccccc23)c(OC)c1. The molecule has 3 aromatic carbocycles. The zero-order chi connectivity index (χ0) is 20.1. The van der Waals surface area contributed by atoms with Gasteiger partial charge in [0.05, 0.1) is 24.3 Å². The molecule has 0 saturated heterocycles. The minimum atomic E-state index is -0.492. The predicted octanol–water partition coefficient (Wildman–Crippen LogP) is 5.02. The lowest BCUT2D eigenvalue weighted by Crippen LogP contribution is -2.10. The number of methoxy groups -OCH3 is 2. The molecule has 6 heteroatoms. The second-order valence-electron chi connectivity index (χ2n) is 5.81. The van der Waals surface area contributed by atoms with Crippen molar-refractivity contribution in [2.24, 2.45) is 0 Å². The van der Waals surface area contributed by atoms with Crippen LogP contribution in [0.25, 0.3) is 16.8 Å². The molecule has 0 amide bonds. The maximum atomic E-state index is 12.8. The van der Waals surface area contributed by atoms with E-state index in [0.29, 0.717) is 21.3 Å². The van der Waals surface area contributed by atoms with E-state index in [9.17, 15) is 9.59 Å². The summed E-state index contributed by atoms with van der Waals surface area (Å²) in [5, 5.41) is 1.76. The number of hydrogen-bond donors (Lipinski definition) is 0. The van der Waals surface area contributed by atoms with Crippen molar-refractivity contribution < 1.29 is 23.8 Å². The van der Waals surface area contributed by atoms with Crippen LogP contribution in [0.5, 0.6) is 11.5 Å².